The van der Waals surface area contributed by atoms with Crippen molar-refractivity contribution >= 4 is 45.7 Å². The summed E-state index contributed by atoms with van der Waals surface area (Å²) in [6.07, 6.45) is 3.95. The summed E-state index contributed by atoms with van der Waals surface area (Å²) in [7, 11) is 0. The Labute approximate surface area is 316 Å². The maximum atomic E-state index is 15.1. The van der Waals surface area contributed by atoms with Gasteiger partial charge in [-0.25, -0.2) is 4.98 Å². The second-order valence-electron chi connectivity index (χ2n) is 14.9. The molecule has 0 radical (unpaired) electrons. The molecule has 6 unspecified atom stereocenters. The molecule has 2 amide bonds. The molecule has 55 heavy (non-hydrogen) atoms. The van der Waals surface area contributed by atoms with Crippen LogP contribution in [0.2, 0.25) is 0 Å². The SMILES string of the molecule is O=C1C(c2ccccc2)=CC(=O)C2(c3ccccc3)C1CC1C(=CCC3C(=O)N(c4ccc(-c5nc6ccccc6o5)cc4)C(=O)C31)C2c1ccccc1O. The third-order valence-corrected chi connectivity index (χ3v) is 12.3. The van der Waals surface area contributed by atoms with E-state index in [1.54, 1.807) is 42.5 Å². The number of carbonyl (C=O) groups excluding carboxylic acids is 4. The molecule has 5 aromatic carbocycles. The molecule has 6 aromatic rings. The molecular weight excluding hydrogens is 689 g/mol. The third kappa shape index (κ3) is 4.80. The summed E-state index contributed by atoms with van der Waals surface area (Å²) in [6.45, 7) is 0. The quantitative estimate of drug-likeness (QED) is 0.141. The fourth-order valence-electron chi connectivity index (χ4n) is 9.95. The summed E-state index contributed by atoms with van der Waals surface area (Å²) in [4.78, 5) is 65.1. The number of imide groups is 1. The van der Waals surface area contributed by atoms with Crippen molar-refractivity contribution in [3.05, 3.63) is 168 Å². The molecule has 268 valence electrons. The lowest BCUT2D eigenvalue weighted by atomic mass is 9.44. The highest BCUT2D eigenvalue weighted by Gasteiger charge is 2.66. The van der Waals surface area contributed by atoms with Crippen molar-refractivity contribution in [3.63, 3.8) is 0 Å². The highest BCUT2D eigenvalue weighted by Crippen LogP contribution is 2.64. The summed E-state index contributed by atoms with van der Waals surface area (Å²) in [6, 6.07) is 40.0. The van der Waals surface area contributed by atoms with Gasteiger partial charge in [-0.3, -0.25) is 24.1 Å². The van der Waals surface area contributed by atoms with E-state index in [1.807, 2.05) is 97.1 Å². The highest BCUT2D eigenvalue weighted by molar-refractivity contribution is 6.32. The number of para-hydroxylation sites is 3. The average molecular weight is 723 g/mol. The van der Waals surface area contributed by atoms with Crippen LogP contribution in [-0.4, -0.2) is 33.5 Å². The second-order valence-corrected chi connectivity index (χ2v) is 14.9. The Balaban J connectivity index is 1.09. The van der Waals surface area contributed by atoms with Crippen molar-refractivity contribution in [2.75, 3.05) is 4.90 Å². The summed E-state index contributed by atoms with van der Waals surface area (Å²) < 4.78 is 5.95. The molecule has 1 saturated carbocycles. The van der Waals surface area contributed by atoms with Crippen molar-refractivity contribution in [1.29, 1.82) is 0 Å². The lowest BCUT2D eigenvalue weighted by Crippen LogP contribution is -2.58. The predicted octanol–water partition coefficient (Wildman–Crippen LogP) is 8.23. The number of allylic oxidation sites excluding steroid dienone is 4. The van der Waals surface area contributed by atoms with Gasteiger partial charge in [0.1, 0.15) is 11.3 Å². The Morgan fingerprint density at radius 3 is 2.15 bits per heavy atom. The molecule has 0 bridgehead atoms. The topological polar surface area (TPSA) is 118 Å². The number of hydrogen-bond donors (Lipinski definition) is 1. The van der Waals surface area contributed by atoms with Crippen LogP contribution in [0.1, 0.15) is 35.4 Å². The number of benzene rings is 5. The van der Waals surface area contributed by atoms with Crippen LogP contribution in [0.3, 0.4) is 0 Å². The minimum atomic E-state index is -1.41. The van der Waals surface area contributed by atoms with Gasteiger partial charge in [0, 0.05) is 28.5 Å². The van der Waals surface area contributed by atoms with Crippen LogP contribution in [0.5, 0.6) is 5.75 Å². The first-order valence-electron chi connectivity index (χ1n) is 18.6. The van der Waals surface area contributed by atoms with E-state index in [9.17, 15) is 14.7 Å². The molecular formula is C47H34N2O6. The van der Waals surface area contributed by atoms with E-state index in [2.05, 4.69) is 4.98 Å². The van der Waals surface area contributed by atoms with Crippen LogP contribution in [0.15, 0.2) is 156 Å². The molecule has 8 nitrogen and oxygen atoms in total. The zero-order chi connectivity index (χ0) is 37.4. The maximum Gasteiger partial charge on any atom is 0.238 e. The highest BCUT2D eigenvalue weighted by atomic mass is 16.3. The van der Waals surface area contributed by atoms with Crippen LogP contribution in [0.25, 0.3) is 28.1 Å². The van der Waals surface area contributed by atoms with E-state index in [4.69, 9.17) is 4.42 Å². The van der Waals surface area contributed by atoms with Gasteiger partial charge in [0.05, 0.1) is 22.9 Å². The number of fused-ring (bicyclic) bond motifs is 5. The van der Waals surface area contributed by atoms with E-state index < -0.39 is 35.0 Å². The van der Waals surface area contributed by atoms with Gasteiger partial charge in [0.15, 0.2) is 17.1 Å². The van der Waals surface area contributed by atoms with Gasteiger partial charge in [0.2, 0.25) is 17.7 Å². The van der Waals surface area contributed by atoms with Gasteiger partial charge in [-0.05, 0) is 78.4 Å². The maximum absolute atomic E-state index is 15.1. The van der Waals surface area contributed by atoms with E-state index in [0.717, 1.165) is 11.1 Å². The Morgan fingerprint density at radius 2 is 1.40 bits per heavy atom. The van der Waals surface area contributed by atoms with E-state index >= 15 is 9.59 Å². The second kappa shape index (κ2) is 12.5. The number of ketones is 2. The van der Waals surface area contributed by atoms with Crippen LogP contribution < -0.4 is 4.90 Å². The van der Waals surface area contributed by atoms with Crippen LogP contribution in [-0.2, 0) is 24.6 Å². The average Bonchev–Trinajstić information content (AvgIpc) is 3.77. The van der Waals surface area contributed by atoms with E-state index in [0.29, 0.717) is 45.0 Å². The van der Waals surface area contributed by atoms with Crippen LogP contribution >= 0.6 is 0 Å². The Hall–Kier alpha value is -6.67. The minimum absolute atomic E-state index is 0.00204. The van der Waals surface area contributed by atoms with Crippen molar-refractivity contribution < 1.29 is 28.7 Å². The molecule has 4 aliphatic rings. The minimum Gasteiger partial charge on any atom is -0.508 e. The molecule has 2 heterocycles. The zero-order valence-corrected chi connectivity index (χ0v) is 29.5. The number of amides is 2. The number of oxazole rings is 1. The van der Waals surface area contributed by atoms with Crippen LogP contribution in [0, 0.1) is 23.7 Å². The smallest absolute Gasteiger partial charge is 0.238 e. The van der Waals surface area contributed by atoms with Gasteiger partial charge in [-0.1, -0.05) is 103 Å². The largest absolute Gasteiger partial charge is 0.508 e. The monoisotopic (exact) mass is 722 g/mol. The van der Waals surface area contributed by atoms with Crippen molar-refractivity contribution in [2.45, 2.75) is 24.2 Å². The molecule has 1 N–H and O–H groups in total. The number of Topliss-reactive ketones (excluding diaryl/α,β-unsaturated/α-hetero) is 1. The van der Waals surface area contributed by atoms with Gasteiger partial charge >= 0.3 is 0 Å². The molecule has 1 aliphatic heterocycles. The number of rotatable bonds is 5. The summed E-state index contributed by atoms with van der Waals surface area (Å²) in [5.74, 6) is -4.25. The molecule has 6 atom stereocenters. The Bertz CT molecular complexity index is 2590. The van der Waals surface area contributed by atoms with Gasteiger partial charge < -0.3 is 9.52 Å². The Kier molecular flexibility index (Phi) is 7.46. The molecule has 8 heteroatoms. The van der Waals surface area contributed by atoms with Crippen molar-refractivity contribution in [3.8, 4) is 17.2 Å². The standard InChI is InChI=1S/C47H34N2O6/c50-38-17-9-7-15-32(38)42-31-23-24-33-41(46(54)49(45(33)53)30-21-19-28(20-22-30)44-48-37-16-8-10-18-39(37)55-44)35(31)25-36-43(52)34(27-11-3-1-4-12-27)26-40(51)47(36,42)29-13-5-2-6-14-29/h1-23,26,33,35-36,41-42,50H,24-25H2. The number of aromatic nitrogens is 1. The van der Waals surface area contributed by atoms with Crippen molar-refractivity contribution in [1.82, 2.24) is 4.98 Å². The molecule has 1 aromatic heterocycles. The molecule has 3 aliphatic carbocycles. The summed E-state index contributed by atoms with van der Waals surface area (Å²) in [5.41, 5.74) is 4.08. The first kappa shape index (κ1) is 32.9. The number of nitrogens with zero attached hydrogens (tertiary/aromatic N) is 2. The van der Waals surface area contributed by atoms with Gasteiger partial charge in [0.25, 0.3) is 0 Å². The molecule has 1 saturated heterocycles. The molecule has 10 rings (SSSR count). The third-order valence-electron chi connectivity index (χ3n) is 12.3. The van der Waals surface area contributed by atoms with E-state index in [-0.39, 0.29) is 42.0 Å². The van der Waals surface area contributed by atoms with Crippen molar-refractivity contribution in [2.24, 2.45) is 23.7 Å². The van der Waals surface area contributed by atoms with E-state index in [1.165, 1.54) is 11.0 Å². The zero-order valence-electron chi connectivity index (χ0n) is 29.5. The lowest BCUT2D eigenvalue weighted by Gasteiger charge is -2.55. The lowest BCUT2D eigenvalue weighted by molar-refractivity contribution is -0.135. The van der Waals surface area contributed by atoms with Gasteiger partial charge in [-0.15, -0.1) is 0 Å². The number of aromatic hydroxyl groups is 1. The number of hydrogen-bond acceptors (Lipinski definition) is 7. The normalized spacial score (nSPS) is 26.0. The number of phenols is 1. The summed E-state index contributed by atoms with van der Waals surface area (Å²) in [5, 5.41) is 11.5. The predicted molar refractivity (Wildman–Crippen MR) is 207 cm³/mol. The number of carbonyl (C=O) groups is 4. The van der Waals surface area contributed by atoms with Gasteiger partial charge in [-0.2, -0.15) is 0 Å². The number of anilines is 1. The first-order valence-corrected chi connectivity index (χ1v) is 18.6. The fraction of sp³-hybridized carbons (Fsp3) is 0.170. The molecule has 0 spiro atoms. The Morgan fingerprint density at radius 1 is 0.709 bits per heavy atom. The number of phenolic OH excluding ortho intramolecular Hbond substituents is 1. The van der Waals surface area contributed by atoms with Crippen LogP contribution in [0.4, 0.5) is 5.69 Å². The first-order chi connectivity index (χ1) is 26.9. The fourth-order valence-corrected chi connectivity index (χ4v) is 9.95. The summed E-state index contributed by atoms with van der Waals surface area (Å²) >= 11 is 0. The molecule has 2 fully saturated rings.